The summed E-state index contributed by atoms with van der Waals surface area (Å²) >= 11 is 5.68. The fourth-order valence-electron chi connectivity index (χ4n) is 2.03. The van der Waals surface area contributed by atoms with Crippen LogP contribution in [0, 0.1) is 15.9 Å². The van der Waals surface area contributed by atoms with Crippen LogP contribution in [-0.2, 0) is 6.18 Å². The van der Waals surface area contributed by atoms with Gasteiger partial charge >= 0.3 is 6.18 Å². The first-order valence-electron chi connectivity index (χ1n) is 7.67. The monoisotopic (exact) mass is 421 g/mol. The number of amides is 1. The molecule has 0 saturated carbocycles. The minimum atomic E-state index is -4.58. The highest BCUT2D eigenvalue weighted by Gasteiger charge is 2.31. The lowest BCUT2D eigenvalue weighted by Gasteiger charge is -2.10. The van der Waals surface area contributed by atoms with E-state index in [-0.39, 0.29) is 30.5 Å². The van der Waals surface area contributed by atoms with Gasteiger partial charge in [0.05, 0.1) is 22.7 Å². The Bertz CT molecular complexity index is 893. The molecule has 0 saturated heterocycles. The van der Waals surface area contributed by atoms with Crippen LogP contribution in [-0.4, -0.2) is 29.0 Å². The molecule has 150 valence electrons. The van der Waals surface area contributed by atoms with Crippen molar-refractivity contribution >= 4 is 23.2 Å². The Morgan fingerprint density at radius 3 is 2.64 bits per heavy atom. The van der Waals surface area contributed by atoms with Crippen LogP contribution in [0.2, 0.25) is 5.02 Å². The highest BCUT2D eigenvalue weighted by Crippen LogP contribution is 2.33. The molecule has 1 N–H and O–H groups in total. The minimum Gasteiger partial charge on any atom is -0.477 e. The number of pyridine rings is 1. The molecule has 7 nitrogen and oxygen atoms in total. The Morgan fingerprint density at radius 2 is 2.04 bits per heavy atom. The lowest BCUT2D eigenvalue weighted by molar-refractivity contribution is -0.384. The number of nitro benzene ring substituents is 1. The van der Waals surface area contributed by atoms with Crippen LogP contribution in [0.15, 0.2) is 30.5 Å². The van der Waals surface area contributed by atoms with Gasteiger partial charge in [0.2, 0.25) is 5.88 Å². The van der Waals surface area contributed by atoms with Gasteiger partial charge in [0.15, 0.2) is 0 Å². The first kappa shape index (κ1) is 21.4. The van der Waals surface area contributed by atoms with Gasteiger partial charge in [0, 0.05) is 24.9 Å². The number of carbonyl (C=O) groups is 1. The van der Waals surface area contributed by atoms with Crippen LogP contribution in [0.5, 0.6) is 5.88 Å². The summed E-state index contributed by atoms with van der Waals surface area (Å²) in [5.41, 5.74) is -1.93. The maximum absolute atomic E-state index is 13.6. The van der Waals surface area contributed by atoms with Gasteiger partial charge in [-0.3, -0.25) is 14.9 Å². The lowest BCUT2D eigenvalue weighted by atomic mass is 10.1. The van der Waals surface area contributed by atoms with Crippen LogP contribution >= 0.6 is 11.6 Å². The van der Waals surface area contributed by atoms with Crippen molar-refractivity contribution in [1.82, 2.24) is 10.3 Å². The molecule has 0 spiro atoms. The molecule has 0 aliphatic carbocycles. The van der Waals surface area contributed by atoms with Crippen molar-refractivity contribution < 1.29 is 32.0 Å². The molecule has 0 atom stereocenters. The summed E-state index contributed by atoms with van der Waals surface area (Å²) in [5.74, 6) is -1.97. The molecule has 1 aromatic carbocycles. The number of benzene rings is 1. The van der Waals surface area contributed by atoms with E-state index in [4.69, 9.17) is 16.3 Å². The second-order valence-electron chi connectivity index (χ2n) is 5.39. The maximum atomic E-state index is 13.6. The van der Waals surface area contributed by atoms with Crippen molar-refractivity contribution in [3.63, 3.8) is 0 Å². The zero-order valence-corrected chi connectivity index (χ0v) is 14.7. The smallest absolute Gasteiger partial charge is 0.417 e. The fraction of sp³-hybridized carbons (Fsp3) is 0.250. The number of hydrogen-bond donors (Lipinski definition) is 1. The number of carbonyl (C=O) groups excluding carboxylic acids is 1. The van der Waals surface area contributed by atoms with Crippen LogP contribution < -0.4 is 10.1 Å². The van der Waals surface area contributed by atoms with Gasteiger partial charge < -0.3 is 10.1 Å². The third-order valence-electron chi connectivity index (χ3n) is 3.39. The number of halogens is 5. The summed E-state index contributed by atoms with van der Waals surface area (Å²) in [4.78, 5) is 25.3. The van der Waals surface area contributed by atoms with E-state index in [1.807, 2.05) is 0 Å². The van der Waals surface area contributed by atoms with E-state index in [0.29, 0.717) is 12.3 Å². The molecule has 2 aromatic rings. The Morgan fingerprint density at radius 1 is 1.32 bits per heavy atom. The van der Waals surface area contributed by atoms with Gasteiger partial charge in [-0.15, -0.1) is 0 Å². The van der Waals surface area contributed by atoms with Crippen molar-refractivity contribution in [3.8, 4) is 5.88 Å². The number of nitrogens with one attached hydrogen (secondary N) is 1. The lowest BCUT2D eigenvalue weighted by Crippen LogP contribution is -2.26. The molecule has 28 heavy (non-hydrogen) atoms. The van der Waals surface area contributed by atoms with Gasteiger partial charge in [-0.2, -0.15) is 13.2 Å². The largest absolute Gasteiger partial charge is 0.477 e. The SMILES string of the molecule is O=C(NCCCOc1ncc(C(F)(F)F)cc1Cl)c1cc([N+](=O)[O-])ccc1F. The third-order valence-corrected chi connectivity index (χ3v) is 3.66. The van der Waals surface area contributed by atoms with E-state index in [2.05, 4.69) is 10.3 Å². The molecule has 1 aromatic heterocycles. The first-order valence-corrected chi connectivity index (χ1v) is 8.05. The summed E-state index contributed by atoms with van der Waals surface area (Å²) in [6, 6.07) is 3.24. The van der Waals surface area contributed by atoms with Crippen molar-refractivity contribution in [1.29, 1.82) is 0 Å². The molecular weight excluding hydrogens is 410 g/mol. The van der Waals surface area contributed by atoms with E-state index >= 15 is 0 Å². The van der Waals surface area contributed by atoms with Crippen LogP contribution in [0.25, 0.3) is 0 Å². The average molecular weight is 422 g/mol. The van der Waals surface area contributed by atoms with Crippen molar-refractivity contribution in [2.75, 3.05) is 13.2 Å². The van der Waals surface area contributed by atoms with E-state index in [1.54, 1.807) is 0 Å². The quantitative estimate of drug-likeness (QED) is 0.315. The topological polar surface area (TPSA) is 94.4 Å². The molecule has 0 unspecified atom stereocenters. The number of nitrogens with zero attached hydrogens (tertiary/aromatic N) is 2. The first-order chi connectivity index (χ1) is 13.1. The molecule has 1 heterocycles. The number of nitro groups is 1. The molecule has 0 bridgehead atoms. The summed E-state index contributed by atoms with van der Waals surface area (Å²) < 4.78 is 56.3. The normalized spacial score (nSPS) is 11.2. The van der Waals surface area contributed by atoms with Crippen LogP contribution in [0.4, 0.5) is 23.2 Å². The summed E-state index contributed by atoms with van der Waals surface area (Å²) in [5, 5.41) is 12.7. The highest BCUT2D eigenvalue weighted by molar-refractivity contribution is 6.31. The fourth-order valence-corrected chi connectivity index (χ4v) is 2.25. The number of hydrogen-bond acceptors (Lipinski definition) is 5. The van der Waals surface area contributed by atoms with Crippen molar-refractivity contribution in [2.24, 2.45) is 0 Å². The van der Waals surface area contributed by atoms with Gasteiger partial charge in [-0.1, -0.05) is 11.6 Å². The van der Waals surface area contributed by atoms with Crippen molar-refractivity contribution in [2.45, 2.75) is 12.6 Å². The second-order valence-corrected chi connectivity index (χ2v) is 5.80. The zero-order valence-electron chi connectivity index (χ0n) is 13.9. The van der Waals surface area contributed by atoms with Crippen molar-refractivity contribution in [3.05, 3.63) is 62.5 Å². The summed E-state index contributed by atoms with van der Waals surface area (Å²) in [7, 11) is 0. The average Bonchev–Trinajstić information content (AvgIpc) is 2.61. The number of aromatic nitrogens is 1. The predicted molar refractivity (Wildman–Crippen MR) is 89.7 cm³/mol. The van der Waals surface area contributed by atoms with Crippen LogP contribution in [0.1, 0.15) is 22.3 Å². The number of ether oxygens (including phenoxy) is 1. The van der Waals surface area contributed by atoms with E-state index in [0.717, 1.165) is 18.2 Å². The Hall–Kier alpha value is -2.95. The Labute approximate surface area is 160 Å². The minimum absolute atomic E-state index is 0.0131. The van der Waals surface area contributed by atoms with Gasteiger partial charge in [0.1, 0.15) is 10.8 Å². The predicted octanol–water partition coefficient (Wildman–Crippen LogP) is 4.00. The van der Waals surface area contributed by atoms with E-state index in [1.165, 1.54) is 0 Å². The van der Waals surface area contributed by atoms with Gasteiger partial charge in [0.25, 0.3) is 11.6 Å². The summed E-state index contributed by atoms with van der Waals surface area (Å²) in [6.45, 7) is -0.0327. The van der Waals surface area contributed by atoms with Crippen LogP contribution in [0.3, 0.4) is 0 Å². The Kier molecular flexibility index (Phi) is 6.73. The third kappa shape index (κ3) is 5.52. The molecule has 1 amide bonds. The van der Waals surface area contributed by atoms with Gasteiger partial charge in [-0.25, -0.2) is 9.37 Å². The number of non-ortho nitro benzene ring substituents is 1. The van der Waals surface area contributed by atoms with E-state index in [9.17, 15) is 32.5 Å². The van der Waals surface area contributed by atoms with Gasteiger partial charge in [-0.05, 0) is 18.6 Å². The zero-order chi connectivity index (χ0) is 20.9. The molecule has 12 heteroatoms. The second kappa shape index (κ2) is 8.83. The molecular formula is C16H12ClF4N3O4. The molecule has 0 aliphatic heterocycles. The van der Waals surface area contributed by atoms with E-state index < -0.39 is 39.6 Å². The number of alkyl halides is 3. The molecule has 2 rings (SSSR count). The molecule has 0 fully saturated rings. The standard InChI is InChI=1S/C16H12ClF4N3O4/c17-12-6-9(16(19,20)21)8-23-15(12)28-5-1-4-22-14(25)11-7-10(24(26)27)2-3-13(11)18/h2-3,6-8H,1,4-5H2,(H,22,25). The molecule has 0 radical (unpaired) electrons. The number of rotatable bonds is 7. The molecule has 0 aliphatic rings. The highest BCUT2D eigenvalue weighted by atomic mass is 35.5. The summed E-state index contributed by atoms with van der Waals surface area (Å²) in [6.07, 6.45) is -3.81. The Balaban J connectivity index is 1.84. The maximum Gasteiger partial charge on any atom is 0.417 e.